The Morgan fingerprint density at radius 3 is 1.19 bits per heavy atom. The van der Waals surface area contributed by atoms with Crippen LogP contribution in [0.5, 0.6) is 0 Å². The van der Waals surface area contributed by atoms with Crippen LogP contribution in [0.15, 0.2) is 60.8 Å². The number of allylic oxidation sites excluding steroid dienone is 10. The van der Waals surface area contributed by atoms with Gasteiger partial charge in [0.25, 0.3) is 0 Å². The maximum Gasteiger partial charge on any atom is 0.472 e. The maximum absolute atomic E-state index is 12.4. The van der Waals surface area contributed by atoms with Crippen molar-refractivity contribution in [2.45, 2.75) is 193 Å². The summed E-state index contributed by atoms with van der Waals surface area (Å²) in [6.07, 6.45) is 46.2. The average molecular weight is 825 g/mol. The summed E-state index contributed by atoms with van der Waals surface area (Å²) >= 11 is 0. The quantitative estimate of drug-likeness (QED) is 0.0235. The van der Waals surface area contributed by atoms with Crippen molar-refractivity contribution in [3.63, 3.8) is 0 Å². The third-order valence-electron chi connectivity index (χ3n) is 9.21. The van der Waals surface area contributed by atoms with Gasteiger partial charge in [0.1, 0.15) is 12.2 Å². The Balaban J connectivity index is 3.93. The normalized spacial score (nSPS) is 14.4. The van der Waals surface area contributed by atoms with Crippen LogP contribution in [0, 0.1) is 0 Å². The van der Waals surface area contributed by atoms with Gasteiger partial charge < -0.3 is 24.6 Å². The molecule has 11 heteroatoms. The number of ether oxygens (including phenoxy) is 2. The summed E-state index contributed by atoms with van der Waals surface area (Å²) in [5, 5.41) is 19.2. The molecule has 330 valence electrons. The number of aliphatic hydroxyl groups excluding tert-OH is 2. The van der Waals surface area contributed by atoms with Crippen molar-refractivity contribution in [1.29, 1.82) is 0 Å². The van der Waals surface area contributed by atoms with Crippen LogP contribution in [0.1, 0.15) is 181 Å². The number of phosphoric acid groups is 1. The molecule has 0 aromatic rings. The summed E-state index contributed by atoms with van der Waals surface area (Å²) in [4.78, 5) is 34.5. The largest absolute Gasteiger partial charge is 0.472 e. The summed E-state index contributed by atoms with van der Waals surface area (Å²) in [6.45, 7) is 2.04. The number of aliphatic hydroxyl groups is 2. The van der Waals surface area contributed by atoms with Crippen LogP contribution in [0.2, 0.25) is 0 Å². The first-order chi connectivity index (χ1) is 27.8. The van der Waals surface area contributed by atoms with Gasteiger partial charge in [0.05, 0.1) is 26.4 Å². The third-order valence-corrected chi connectivity index (χ3v) is 10.2. The Bertz CT molecular complexity index is 1130. The van der Waals surface area contributed by atoms with Gasteiger partial charge in [0.15, 0.2) is 0 Å². The van der Waals surface area contributed by atoms with E-state index in [0.717, 1.165) is 83.5 Å². The van der Waals surface area contributed by atoms with Gasteiger partial charge in [0.2, 0.25) is 0 Å². The van der Waals surface area contributed by atoms with Gasteiger partial charge in [-0.15, -0.1) is 0 Å². The molecule has 0 amide bonds. The lowest BCUT2D eigenvalue weighted by Crippen LogP contribution is -2.28. The number of hydrogen-bond donors (Lipinski definition) is 3. The minimum Gasteiger partial charge on any atom is -0.457 e. The zero-order valence-corrected chi connectivity index (χ0v) is 36.7. The van der Waals surface area contributed by atoms with Crippen LogP contribution in [-0.4, -0.2) is 65.7 Å². The zero-order valence-electron chi connectivity index (χ0n) is 35.8. The Kier molecular flexibility index (Phi) is 40.1. The lowest BCUT2D eigenvalue weighted by Gasteiger charge is -2.20. The van der Waals surface area contributed by atoms with E-state index >= 15 is 0 Å². The van der Waals surface area contributed by atoms with Crippen molar-refractivity contribution in [2.24, 2.45) is 0 Å². The number of phosphoric ester groups is 1. The minimum atomic E-state index is -4.65. The van der Waals surface area contributed by atoms with E-state index < -0.39 is 58.4 Å². The van der Waals surface area contributed by atoms with Crippen molar-refractivity contribution in [1.82, 2.24) is 0 Å². The Morgan fingerprint density at radius 1 is 0.491 bits per heavy atom. The highest BCUT2D eigenvalue weighted by Crippen LogP contribution is 2.43. The number of hydrogen-bond acceptors (Lipinski definition) is 9. The average Bonchev–Trinajstić information content (AvgIpc) is 3.20. The Morgan fingerprint density at radius 2 is 0.825 bits per heavy atom. The van der Waals surface area contributed by atoms with Crippen molar-refractivity contribution >= 4 is 19.8 Å². The molecular weight excluding hydrogens is 743 g/mol. The van der Waals surface area contributed by atoms with E-state index in [1.165, 1.54) is 57.8 Å². The monoisotopic (exact) mass is 825 g/mol. The topological polar surface area (TPSA) is 149 Å². The molecule has 0 heterocycles. The van der Waals surface area contributed by atoms with E-state index in [9.17, 15) is 29.3 Å². The van der Waals surface area contributed by atoms with Gasteiger partial charge in [-0.3, -0.25) is 18.6 Å². The molecule has 0 radical (unpaired) electrons. The molecule has 0 fully saturated rings. The lowest BCUT2D eigenvalue weighted by molar-refractivity contribution is -0.153. The zero-order chi connectivity index (χ0) is 41.9. The van der Waals surface area contributed by atoms with Gasteiger partial charge in [-0.05, 0) is 77.0 Å². The molecular formula is C46H81O10P. The Labute approximate surface area is 346 Å². The van der Waals surface area contributed by atoms with Crippen molar-refractivity contribution in [2.75, 3.05) is 26.4 Å². The van der Waals surface area contributed by atoms with E-state index in [2.05, 4.69) is 74.6 Å². The van der Waals surface area contributed by atoms with Gasteiger partial charge in [-0.2, -0.15) is 0 Å². The molecule has 3 unspecified atom stereocenters. The molecule has 0 spiro atoms. The van der Waals surface area contributed by atoms with Crippen molar-refractivity contribution < 1.29 is 47.8 Å². The fourth-order valence-electron chi connectivity index (χ4n) is 5.81. The predicted octanol–water partition coefficient (Wildman–Crippen LogP) is 11.9. The molecule has 0 rings (SSSR count). The minimum absolute atomic E-state index is 0.170. The van der Waals surface area contributed by atoms with Crippen LogP contribution >= 0.6 is 7.82 Å². The SMILES string of the molecule is CC/C=C\C/C=C\C/C=C\CCCCCCCC(=O)OC(CO)COP(=O)(O)OCC(CO)OC(=O)CCCCCCCCCCC/C=C\C/C=C\CCCCC. The van der Waals surface area contributed by atoms with Crippen LogP contribution in [0.25, 0.3) is 0 Å². The van der Waals surface area contributed by atoms with E-state index in [0.29, 0.717) is 12.8 Å². The standard InChI is InChI=1S/C46H81O10P/c1-3-5-7-9-11-13-15-17-19-20-21-22-24-26-28-30-32-34-36-38-46(50)56-44(40-48)42-54-57(51,52)53-41-43(39-47)55-45(49)37-35-33-31-29-27-25-23-18-16-14-12-10-8-6-4-2/h6,8,11-14,17-19,23,43-44,47-48H,3-5,7,9-10,15-16,20-22,24-42H2,1-2H3,(H,51,52)/b8-6-,13-11-,14-12-,19-17-,23-18-. The van der Waals surface area contributed by atoms with Gasteiger partial charge in [-0.25, -0.2) is 4.57 Å². The molecule has 57 heavy (non-hydrogen) atoms. The fraction of sp³-hybridized carbons (Fsp3) is 0.739. The highest BCUT2D eigenvalue weighted by Gasteiger charge is 2.27. The molecule has 0 aliphatic carbocycles. The molecule has 3 N–H and O–H groups in total. The van der Waals surface area contributed by atoms with Crippen LogP contribution in [0.4, 0.5) is 0 Å². The lowest BCUT2D eigenvalue weighted by atomic mass is 10.1. The predicted molar refractivity (Wildman–Crippen MR) is 233 cm³/mol. The second kappa shape index (κ2) is 41.8. The second-order valence-corrected chi connectivity index (χ2v) is 16.1. The van der Waals surface area contributed by atoms with Gasteiger partial charge >= 0.3 is 19.8 Å². The fourth-order valence-corrected chi connectivity index (χ4v) is 6.59. The number of rotatable bonds is 41. The third kappa shape index (κ3) is 40.2. The van der Waals surface area contributed by atoms with Crippen LogP contribution in [-0.2, 0) is 32.7 Å². The highest BCUT2D eigenvalue weighted by atomic mass is 31.2. The molecule has 0 saturated carbocycles. The van der Waals surface area contributed by atoms with Gasteiger partial charge in [0, 0.05) is 12.8 Å². The summed E-state index contributed by atoms with van der Waals surface area (Å²) in [7, 11) is -4.65. The number of carbonyl (C=O) groups excluding carboxylic acids is 2. The smallest absolute Gasteiger partial charge is 0.457 e. The molecule has 0 aliphatic heterocycles. The molecule has 0 bridgehead atoms. The van der Waals surface area contributed by atoms with Crippen LogP contribution in [0.3, 0.4) is 0 Å². The Hall–Kier alpha value is -2.33. The molecule has 3 atom stereocenters. The first-order valence-corrected chi connectivity index (χ1v) is 23.7. The summed E-state index contributed by atoms with van der Waals surface area (Å²) in [5.41, 5.74) is 0. The van der Waals surface area contributed by atoms with E-state index in [1.807, 2.05) is 0 Å². The summed E-state index contributed by atoms with van der Waals surface area (Å²) in [5.74, 6) is -1.04. The summed E-state index contributed by atoms with van der Waals surface area (Å²) in [6, 6.07) is 0. The summed E-state index contributed by atoms with van der Waals surface area (Å²) < 4.78 is 32.6. The molecule has 0 saturated heterocycles. The van der Waals surface area contributed by atoms with Crippen molar-refractivity contribution in [3.05, 3.63) is 60.8 Å². The number of unbranched alkanes of at least 4 members (excludes halogenated alkanes) is 17. The maximum atomic E-state index is 12.4. The molecule has 0 aromatic carbocycles. The van der Waals surface area contributed by atoms with Crippen molar-refractivity contribution in [3.8, 4) is 0 Å². The molecule has 0 aromatic heterocycles. The molecule has 0 aliphatic rings. The number of carbonyl (C=O) groups is 2. The highest BCUT2D eigenvalue weighted by molar-refractivity contribution is 7.47. The van der Waals surface area contributed by atoms with E-state index in [4.69, 9.17) is 18.5 Å². The van der Waals surface area contributed by atoms with E-state index in [-0.39, 0.29) is 12.8 Å². The first kappa shape index (κ1) is 54.7. The van der Waals surface area contributed by atoms with Gasteiger partial charge in [-0.1, -0.05) is 152 Å². The van der Waals surface area contributed by atoms with Crippen LogP contribution < -0.4 is 0 Å². The second-order valence-electron chi connectivity index (χ2n) is 14.6. The van der Waals surface area contributed by atoms with E-state index in [1.54, 1.807) is 0 Å². The molecule has 10 nitrogen and oxygen atoms in total. The number of esters is 2. The first-order valence-electron chi connectivity index (χ1n) is 22.2.